The third kappa shape index (κ3) is 4.67. The van der Waals surface area contributed by atoms with Gasteiger partial charge in [-0.1, -0.05) is 30.3 Å². The molecule has 0 N–H and O–H groups in total. The number of methoxy groups -OCH3 is 1. The van der Waals surface area contributed by atoms with Crippen LogP contribution in [0.3, 0.4) is 0 Å². The van der Waals surface area contributed by atoms with Crippen LogP contribution in [-0.4, -0.2) is 13.3 Å². The van der Waals surface area contributed by atoms with Crippen LogP contribution in [0, 0.1) is 5.82 Å². The topological polar surface area (TPSA) is 30.8 Å². The molecule has 0 fully saturated rings. The van der Waals surface area contributed by atoms with Crippen LogP contribution in [0.4, 0.5) is 10.1 Å². The average Bonchev–Trinajstić information content (AvgIpc) is 2.66. The molecule has 0 radical (unpaired) electrons. The fraction of sp³-hybridized carbons (Fsp3) is 0.0952. The highest BCUT2D eigenvalue weighted by atomic mass is 19.1. The Hall–Kier alpha value is -3.14. The van der Waals surface area contributed by atoms with E-state index in [0.717, 1.165) is 16.8 Å². The van der Waals surface area contributed by atoms with E-state index in [2.05, 4.69) is 4.99 Å². The smallest absolute Gasteiger partial charge is 0.161 e. The van der Waals surface area contributed by atoms with Gasteiger partial charge in [-0.05, 0) is 53.6 Å². The van der Waals surface area contributed by atoms with E-state index in [1.807, 2.05) is 54.6 Å². The summed E-state index contributed by atoms with van der Waals surface area (Å²) in [7, 11) is 1.59. The summed E-state index contributed by atoms with van der Waals surface area (Å²) in [6.07, 6.45) is 1.77. The Bertz CT molecular complexity index is 863. The minimum absolute atomic E-state index is 0.269. The van der Waals surface area contributed by atoms with E-state index in [0.29, 0.717) is 11.5 Å². The Morgan fingerprint density at radius 1 is 0.920 bits per heavy atom. The maximum atomic E-state index is 13.2. The molecule has 0 aromatic heterocycles. The predicted molar refractivity (Wildman–Crippen MR) is 97.4 cm³/mol. The number of ether oxygens (including phenoxy) is 2. The molecule has 0 aliphatic heterocycles. The maximum absolute atomic E-state index is 13.2. The van der Waals surface area contributed by atoms with Crippen molar-refractivity contribution < 1.29 is 13.9 Å². The van der Waals surface area contributed by atoms with Gasteiger partial charge in [-0.15, -0.1) is 0 Å². The van der Waals surface area contributed by atoms with Gasteiger partial charge in [-0.25, -0.2) is 4.39 Å². The van der Waals surface area contributed by atoms with Crippen molar-refractivity contribution >= 4 is 11.9 Å². The van der Waals surface area contributed by atoms with Gasteiger partial charge in [-0.3, -0.25) is 4.99 Å². The van der Waals surface area contributed by atoms with Gasteiger partial charge in [0.15, 0.2) is 11.5 Å². The van der Waals surface area contributed by atoms with Crippen LogP contribution in [0.1, 0.15) is 11.1 Å². The number of nitrogens with zero attached hydrogens (tertiary/aromatic N) is 1. The van der Waals surface area contributed by atoms with Gasteiger partial charge >= 0.3 is 0 Å². The lowest BCUT2D eigenvalue weighted by molar-refractivity contribution is 0.284. The predicted octanol–water partition coefficient (Wildman–Crippen LogP) is 5.16. The first-order valence-electron chi connectivity index (χ1n) is 7.89. The Labute approximate surface area is 146 Å². The van der Waals surface area contributed by atoms with E-state index in [1.54, 1.807) is 19.4 Å². The first-order chi connectivity index (χ1) is 12.2. The molecule has 0 spiro atoms. The summed E-state index contributed by atoms with van der Waals surface area (Å²) >= 11 is 0. The molecule has 3 aromatic rings. The molecule has 4 heteroatoms. The second kappa shape index (κ2) is 8.11. The van der Waals surface area contributed by atoms with Gasteiger partial charge < -0.3 is 9.47 Å². The van der Waals surface area contributed by atoms with Crippen LogP contribution in [0.25, 0.3) is 0 Å². The SMILES string of the molecule is COc1cc(C=Nc2ccccc2)ccc1OCc1cccc(F)c1. The van der Waals surface area contributed by atoms with Gasteiger partial charge in [0, 0.05) is 6.21 Å². The van der Waals surface area contributed by atoms with Gasteiger partial charge in [-0.2, -0.15) is 0 Å². The summed E-state index contributed by atoms with van der Waals surface area (Å²) in [4.78, 5) is 4.42. The zero-order valence-electron chi connectivity index (χ0n) is 13.9. The molecule has 0 saturated carbocycles. The summed E-state index contributed by atoms with van der Waals surface area (Å²) in [5.74, 6) is 0.928. The average molecular weight is 335 g/mol. The van der Waals surface area contributed by atoms with E-state index >= 15 is 0 Å². The second-order valence-electron chi connectivity index (χ2n) is 5.42. The molecule has 0 heterocycles. The highest BCUT2D eigenvalue weighted by Gasteiger charge is 2.06. The minimum Gasteiger partial charge on any atom is -0.493 e. The first kappa shape index (κ1) is 16.7. The Morgan fingerprint density at radius 2 is 1.76 bits per heavy atom. The zero-order valence-corrected chi connectivity index (χ0v) is 13.9. The van der Waals surface area contributed by atoms with Crippen LogP contribution in [0.5, 0.6) is 11.5 Å². The molecule has 3 aromatic carbocycles. The van der Waals surface area contributed by atoms with E-state index < -0.39 is 0 Å². The molecule has 0 saturated heterocycles. The number of halogens is 1. The largest absolute Gasteiger partial charge is 0.493 e. The maximum Gasteiger partial charge on any atom is 0.161 e. The lowest BCUT2D eigenvalue weighted by Gasteiger charge is -2.11. The third-order valence-corrected chi connectivity index (χ3v) is 3.59. The fourth-order valence-corrected chi connectivity index (χ4v) is 2.33. The molecule has 0 atom stereocenters. The molecule has 0 unspecified atom stereocenters. The highest BCUT2D eigenvalue weighted by molar-refractivity contribution is 5.83. The summed E-state index contributed by atoms with van der Waals surface area (Å²) in [5, 5.41) is 0. The van der Waals surface area contributed by atoms with Gasteiger partial charge in [0.2, 0.25) is 0 Å². The van der Waals surface area contributed by atoms with Gasteiger partial charge in [0.25, 0.3) is 0 Å². The van der Waals surface area contributed by atoms with Crippen molar-refractivity contribution in [2.45, 2.75) is 6.61 Å². The monoisotopic (exact) mass is 335 g/mol. The summed E-state index contributed by atoms with van der Waals surface area (Å²) < 4.78 is 24.4. The van der Waals surface area contributed by atoms with Crippen molar-refractivity contribution in [1.82, 2.24) is 0 Å². The van der Waals surface area contributed by atoms with Crippen LogP contribution in [0.15, 0.2) is 77.8 Å². The van der Waals surface area contributed by atoms with Crippen molar-refractivity contribution in [3.05, 3.63) is 89.7 Å². The molecule has 0 aliphatic carbocycles. The van der Waals surface area contributed by atoms with Crippen molar-refractivity contribution in [2.75, 3.05) is 7.11 Å². The summed E-state index contributed by atoms with van der Waals surface area (Å²) in [6, 6.07) is 21.6. The first-order valence-corrected chi connectivity index (χ1v) is 7.89. The number of para-hydroxylation sites is 1. The quantitative estimate of drug-likeness (QED) is 0.582. The molecular formula is C21H18FNO2. The highest BCUT2D eigenvalue weighted by Crippen LogP contribution is 2.28. The van der Waals surface area contributed by atoms with Gasteiger partial charge in [0.1, 0.15) is 12.4 Å². The zero-order chi connectivity index (χ0) is 17.5. The fourth-order valence-electron chi connectivity index (χ4n) is 2.33. The van der Waals surface area contributed by atoms with Crippen molar-refractivity contribution in [3.63, 3.8) is 0 Å². The number of hydrogen-bond acceptors (Lipinski definition) is 3. The van der Waals surface area contributed by atoms with Gasteiger partial charge in [0.05, 0.1) is 12.8 Å². The summed E-state index contributed by atoms with van der Waals surface area (Å²) in [6.45, 7) is 0.269. The number of rotatable bonds is 6. The molecule has 25 heavy (non-hydrogen) atoms. The van der Waals surface area contributed by atoms with Crippen LogP contribution < -0.4 is 9.47 Å². The molecular weight excluding hydrogens is 317 g/mol. The molecule has 0 aliphatic rings. The van der Waals surface area contributed by atoms with E-state index in [1.165, 1.54) is 12.1 Å². The standard InChI is InChI=1S/C21H18FNO2/c1-24-21-13-16(14-23-19-8-3-2-4-9-19)10-11-20(21)25-15-17-6-5-7-18(22)12-17/h2-14H,15H2,1H3. The number of benzene rings is 3. The minimum atomic E-state index is -0.277. The van der Waals surface area contributed by atoms with E-state index in [9.17, 15) is 4.39 Å². The molecule has 0 bridgehead atoms. The van der Waals surface area contributed by atoms with Crippen molar-refractivity contribution in [2.24, 2.45) is 4.99 Å². The number of hydrogen-bond donors (Lipinski definition) is 0. The third-order valence-electron chi connectivity index (χ3n) is 3.59. The van der Waals surface area contributed by atoms with Crippen LogP contribution >= 0.6 is 0 Å². The van der Waals surface area contributed by atoms with Crippen molar-refractivity contribution in [3.8, 4) is 11.5 Å². The van der Waals surface area contributed by atoms with Crippen LogP contribution in [-0.2, 0) is 6.61 Å². The normalized spacial score (nSPS) is 10.8. The lowest BCUT2D eigenvalue weighted by atomic mass is 10.2. The Kier molecular flexibility index (Phi) is 5.42. The molecule has 0 amide bonds. The van der Waals surface area contributed by atoms with E-state index in [-0.39, 0.29) is 12.4 Å². The van der Waals surface area contributed by atoms with E-state index in [4.69, 9.17) is 9.47 Å². The molecule has 3 nitrogen and oxygen atoms in total. The van der Waals surface area contributed by atoms with Crippen molar-refractivity contribution in [1.29, 1.82) is 0 Å². The Morgan fingerprint density at radius 3 is 2.52 bits per heavy atom. The Balaban J connectivity index is 1.72. The second-order valence-corrected chi connectivity index (χ2v) is 5.42. The molecule has 126 valence electrons. The lowest BCUT2D eigenvalue weighted by Crippen LogP contribution is -1.98. The van der Waals surface area contributed by atoms with Crippen LogP contribution in [0.2, 0.25) is 0 Å². The molecule has 3 rings (SSSR count). The summed E-state index contributed by atoms with van der Waals surface area (Å²) in [5.41, 5.74) is 2.54. The number of aliphatic imine (C=N–C) groups is 1.